The molecule has 224 valence electrons. The lowest BCUT2D eigenvalue weighted by molar-refractivity contribution is -0.134. The summed E-state index contributed by atoms with van der Waals surface area (Å²) in [5.74, 6) is -0.209. The van der Waals surface area contributed by atoms with Gasteiger partial charge in [0.25, 0.3) is 0 Å². The highest BCUT2D eigenvalue weighted by molar-refractivity contribution is 7.89. The van der Waals surface area contributed by atoms with Crippen molar-refractivity contribution >= 4 is 27.5 Å². The molecule has 3 aromatic carbocycles. The average Bonchev–Trinajstić information content (AvgIpc) is 3.00. The molecular formula is C32H39N3O6S. The summed E-state index contributed by atoms with van der Waals surface area (Å²) >= 11 is 0. The third-order valence-corrected chi connectivity index (χ3v) is 9.41. The first kappa shape index (κ1) is 31.2. The molecule has 3 aromatic rings. The van der Waals surface area contributed by atoms with Gasteiger partial charge < -0.3 is 20.1 Å². The van der Waals surface area contributed by atoms with E-state index in [0.29, 0.717) is 17.0 Å². The number of hydrogen-bond acceptors (Lipinski definition) is 6. The van der Waals surface area contributed by atoms with Crippen LogP contribution in [0.3, 0.4) is 0 Å². The van der Waals surface area contributed by atoms with E-state index in [4.69, 9.17) is 4.74 Å². The van der Waals surface area contributed by atoms with Crippen LogP contribution in [0.25, 0.3) is 0 Å². The minimum absolute atomic E-state index is 0.000979. The molecule has 0 unspecified atom stereocenters. The lowest BCUT2D eigenvalue weighted by atomic mass is 10.0. The van der Waals surface area contributed by atoms with Crippen molar-refractivity contribution in [1.82, 2.24) is 9.21 Å². The maximum absolute atomic E-state index is 13.5. The molecule has 10 heteroatoms. The standard InChI is InChI=1S/C32H39N3O6S/c1-22-10-13-28(14-11-22)42(39,40)34(4)20-30-23(2)19-35(24(3)21-36)32(38)18-26-17-27(12-15-29(26)41-30)33-31(37)16-25-8-6-5-7-9-25/h5-15,17,23-24,30,36H,16,18-21H2,1-4H3,(H,33,37)/t23-,24-,30+/m1/s1. The number of carbonyl (C=O) groups excluding carboxylic acids is 2. The third-order valence-electron chi connectivity index (χ3n) is 7.57. The summed E-state index contributed by atoms with van der Waals surface area (Å²) in [6.45, 7) is 5.68. The van der Waals surface area contributed by atoms with Gasteiger partial charge in [0.15, 0.2) is 0 Å². The highest BCUT2D eigenvalue weighted by Gasteiger charge is 2.33. The molecule has 0 aromatic heterocycles. The Morgan fingerprint density at radius 2 is 1.81 bits per heavy atom. The van der Waals surface area contributed by atoms with Crippen LogP contribution < -0.4 is 10.1 Å². The second-order valence-corrected chi connectivity index (χ2v) is 13.1. The average molecular weight is 594 g/mol. The Morgan fingerprint density at radius 3 is 2.48 bits per heavy atom. The molecule has 4 rings (SSSR count). The molecule has 9 nitrogen and oxygen atoms in total. The van der Waals surface area contributed by atoms with E-state index >= 15 is 0 Å². The highest BCUT2D eigenvalue weighted by atomic mass is 32.2. The van der Waals surface area contributed by atoms with Gasteiger partial charge in [-0.05, 0) is 49.7 Å². The van der Waals surface area contributed by atoms with Crippen LogP contribution in [0.4, 0.5) is 5.69 Å². The number of likely N-dealkylation sites (N-methyl/N-ethyl adjacent to an activating group) is 1. The Balaban J connectivity index is 1.62. The Hall–Kier alpha value is -3.73. The number of ether oxygens (including phenoxy) is 1. The predicted molar refractivity (Wildman–Crippen MR) is 162 cm³/mol. The fourth-order valence-corrected chi connectivity index (χ4v) is 6.14. The van der Waals surface area contributed by atoms with Crippen LogP contribution in [0.1, 0.15) is 30.5 Å². The van der Waals surface area contributed by atoms with E-state index in [1.54, 1.807) is 54.3 Å². The summed E-state index contributed by atoms with van der Waals surface area (Å²) in [7, 11) is -2.27. The Kier molecular flexibility index (Phi) is 10.0. The van der Waals surface area contributed by atoms with Crippen molar-refractivity contribution in [2.24, 2.45) is 5.92 Å². The molecular weight excluding hydrogens is 554 g/mol. The van der Waals surface area contributed by atoms with Gasteiger partial charge in [0.2, 0.25) is 21.8 Å². The topological polar surface area (TPSA) is 116 Å². The van der Waals surface area contributed by atoms with E-state index in [-0.39, 0.29) is 55.2 Å². The van der Waals surface area contributed by atoms with Crippen LogP contribution in [0.2, 0.25) is 0 Å². The van der Waals surface area contributed by atoms with E-state index < -0.39 is 22.2 Å². The molecule has 0 fully saturated rings. The summed E-state index contributed by atoms with van der Waals surface area (Å²) in [6.07, 6.45) is -0.401. The van der Waals surface area contributed by atoms with Gasteiger partial charge in [-0.3, -0.25) is 9.59 Å². The zero-order chi connectivity index (χ0) is 30.4. The van der Waals surface area contributed by atoms with E-state index in [1.807, 2.05) is 44.2 Å². The number of fused-ring (bicyclic) bond motifs is 1. The molecule has 0 spiro atoms. The van der Waals surface area contributed by atoms with Gasteiger partial charge >= 0.3 is 0 Å². The molecule has 1 aliphatic rings. The second-order valence-electron chi connectivity index (χ2n) is 11.0. The van der Waals surface area contributed by atoms with E-state index in [1.165, 1.54) is 11.4 Å². The normalized spacial score (nSPS) is 18.3. The van der Waals surface area contributed by atoms with Gasteiger partial charge in [-0.25, -0.2) is 8.42 Å². The number of benzene rings is 3. The molecule has 1 aliphatic heterocycles. The third kappa shape index (κ3) is 7.56. The maximum Gasteiger partial charge on any atom is 0.242 e. The highest BCUT2D eigenvalue weighted by Crippen LogP contribution is 2.30. The van der Waals surface area contributed by atoms with Crippen molar-refractivity contribution in [2.45, 2.75) is 50.7 Å². The lowest BCUT2D eigenvalue weighted by Crippen LogP contribution is -2.48. The van der Waals surface area contributed by atoms with Crippen LogP contribution in [-0.2, 0) is 32.5 Å². The van der Waals surface area contributed by atoms with Crippen molar-refractivity contribution in [3.8, 4) is 5.75 Å². The van der Waals surface area contributed by atoms with Crippen molar-refractivity contribution in [1.29, 1.82) is 0 Å². The summed E-state index contributed by atoms with van der Waals surface area (Å²) in [5, 5.41) is 12.8. The van der Waals surface area contributed by atoms with Crippen LogP contribution >= 0.6 is 0 Å². The van der Waals surface area contributed by atoms with E-state index in [9.17, 15) is 23.1 Å². The predicted octanol–water partition coefficient (Wildman–Crippen LogP) is 3.65. The maximum atomic E-state index is 13.5. The van der Waals surface area contributed by atoms with Crippen molar-refractivity contribution in [3.63, 3.8) is 0 Å². The van der Waals surface area contributed by atoms with E-state index in [0.717, 1.165) is 11.1 Å². The largest absolute Gasteiger partial charge is 0.488 e. The SMILES string of the molecule is Cc1ccc(S(=O)(=O)N(C)C[C@@H]2Oc3ccc(NC(=O)Cc4ccccc4)cc3CC(=O)N([C@H](C)CO)C[C@H]2C)cc1. The van der Waals surface area contributed by atoms with Gasteiger partial charge in [0.05, 0.1) is 36.9 Å². The number of aryl methyl sites for hydroxylation is 1. The van der Waals surface area contributed by atoms with Crippen LogP contribution in [0.15, 0.2) is 77.7 Å². The number of aliphatic hydroxyl groups is 1. The number of nitrogens with one attached hydrogen (secondary N) is 1. The minimum Gasteiger partial charge on any atom is -0.488 e. The zero-order valence-electron chi connectivity index (χ0n) is 24.5. The number of hydrogen-bond donors (Lipinski definition) is 2. The van der Waals surface area contributed by atoms with Crippen LogP contribution in [0, 0.1) is 12.8 Å². The van der Waals surface area contributed by atoms with E-state index in [2.05, 4.69) is 5.32 Å². The van der Waals surface area contributed by atoms with Crippen molar-refractivity contribution < 1.29 is 27.9 Å². The van der Waals surface area contributed by atoms with Gasteiger partial charge in [-0.15, -0.1) is 0 Å². The number of anilines is 1. The fourth-order valence-electron chi connectivity index (χ4n) is 4.95. The number of sulfonamides is 1. The van der Waals surface area contributed by atoms with Crippen molar-refractivity contribution in [2.75, 3.05) is 32.1 Å². The molecule has 2 N–H and O–H groups in total. The monoisotopic (exact) mass is 593 g/mol. The summed E-state index contributed by atoms with van der Waals surface area (Å²) in [5.41, 5.74) is 2.93. The van der Waals surface area contributed by atoms with Crippen molar-refractivity contribution in [3.05, 3.63) is 89.5 Å². The fraction of sp³-hybridized carbons (Fsp3) is 0.375. The minimum atomic E-state index is -3.79. The molecule has 0 bridgehead atoms. The van der Waals surface area contributed by atoms with Gasteiger partial charge in [-0.2, -0.15) is 4.31 Å². The summed E-state index contributed by atoms with van der Waals surface area (Å²) in [6, 6.07) is 20.8. The first-order valence-corrected chi connectivity index (χ1v) is 15.5. The summed E-state index contributed by atoms with van der Waals surface area (Å²) < 4.78 is 34.5. The molecule has 0 saturated carbocycles. The molecule has 2 amide bonds. The lowest BCUT2D eigenvalue weighted by Gasteiger charge is -2.33. The summed E-state index contributed by atoms with van der Waals surface area (Å²) in [4.78, 5) is 28.0. The Bertz CT molecular complexity index is 1490. The zero-order valence-corrected chi connectivity index (χ0v) is 25.3. The quantitative estimate of drug-likeness (QED) is 0.391. The molecule has 1 heterocycles. The molecule has 42 heavy (non-hydrogen) atoms. The van der Waals surface area contributed by atoms with Gasteiger partial charge in [-0.1, -0.05) is 55.0 Å². The van der Waals surface area contributed by atoms with Crippen LogP contribution in [0.5, 0.6) is 5.75 Å². The van der Waals surface area contributed by atoms with Gasteiger partial charge in [0.1, 0.15) is 11.9 Å². The smallest absolute Gasteiger partial charge is 0.242 e. The Labute approximate surface area is 248 Å². The number of aliphatic hydroxyl groups excluding tert-OH is 1. The van der Waals surface area contributed by atoms with Crippen LogP contribution in [-0.4, -0.2) is 73.4 Å². The first-order chi connectivity index (χ1) is 20.0. The Morgan fingerprint density at radius 1 is 1.12 bits per heavy atom. The number of rotatable bonds is 9. The van der Waals surface area contributed by atoms with Gasteiger partial charge in [0, 0.05) is 30.8 Å². The molecule has 0 aliphatic carbocycles. The number of nitrogens with zero attached hydrogens (tertiary/aromatic N) is 2. The first-order valence-electron chi connectivity index (χ1n) is 14.0. The number of carbonyl (C=O) groups is 2. The molecule has 3 atom stereocenters. The number of amides is 2. The molecule has 0 radical (unpaired) electrons. The second kappa shape index (κ2) is 13.5. The molecule has 0 saturated heterocycles.